The van der Waals surface area contributed by atoms with Gasteiger partial charge in [-0.1, -0.05) is 19.3 Å². The van der Waals surface area contributed by atoms with Crippen LogP contribution in [0.25, 0.3) is 0 Å². The minimum absolute atomic E-state index is 0.0555. The number of carbonyl (C=O) groups is 2. The molecular weight excluding hydrogens is 328 g/mol. The van der Waals surface area contributed by atoms with Crippen molar-refractivity contribution in [3.8, 4) is 0 Å². The van der Waals surface area contributed by atoms with Crippen LogP contribution >= 0.6 is 0 Å². The summed E-state index contributed by atoms with van der Waals surface area (Å²) in [6.45, 7) is 6.86. The van der Waals surface area contributed by atoms with Gasteiger partial charge in [-0.05, 0) is 45.6 Å². The molecule has 0 radical (unpaired) electrons. The number of piperazine rings is 1. The van der Waals surface area contributed by atoms with Gasteiger partial charge in [-0.25, -0.2) is 4.79 Å². The average Bonchev–Trinajstić information content (AvgIpc) is 2.82. The van der Waals surface area contributed by atoms with Crippen LogP contribution in [0.4, 0.5) is 4.79 Å². The van der Waals surface area contributed by atoms with Crippen LogP contribution < -0.4 is 5.32 Å². The van der Waals surface area contributed by atoms with Crippen LogP contribution in [0.1, 0.15) is 58.3 Å². The molecule has 3 rings (SSSR count). The highest BCUT2D eigenvalue weighted by atomic mass is 16.2. The van der Waals surface area contributed by atoms with Crippen molar-refractivity contribution in [2.24, 2.45) is 5.92 Å². The Hall–Kier alpha value is -1.30. The van der Waals surface area contributed by atoms with E-state index in [2.05, 4.69) is 17.3 Å². The second-order valence-electron chi connectivity index (χ2n) is 8.48. The molecule has 6 heteroatoms. The molecule has 2 aliphatic heterocycles. The number of nitrogens with zero attached hydrogens (tertiary/aromatic N) is 3. The molecule has 1 saturated carbocycles. The maximum absolute atomic E-state index is 12.8. The Labute approximate surface area is 158 Å². The van der Waals surface area contributed by atoms with Crippen LogP contribution in [0, 0.1) is 5.92 Å². The summed E-state index contributed by atoms with van der Waals surface area (Å²) in [4.78, 5) is 31.4. The number of rotatable bonds is 3. The van der Waals surface area contributed by atoms with Crippen LogP contribution in [0.3, 0.4) is 0 Å². The molecule has 3 amide bonds. The highest BCUT2D eigenvalue weighted by Crippen LogP contribution is 2.32. The standard InChI is InChI=1S/C20H36N4O2/c1-3-23-12-11-20(10-9-18(23)25)16-24(14-13-22(20)2)19(26)21-15-17-7-5-4-6-8-17/h17H,3-16H2,1-2H3,(H,21,26). The normalized spacial score (nSPS) is 29.1. The van der Waals surface area contributed by atoms with E-state index in [4.69, 9.17) is 0 Å². The van der Waals surface area contributed by atoms with Gasteiger partial charge in [0.15, 0.2) is 0 Å². The fraction of sp³-hybridized carbons (Fsp3) is 0.900. The average molecular weight is 365 g/mol. The van der Waals surface area contributed by atoms with E-state index in [1.54, 1.807) is 0 Å². The summed E-state index contributed by atoms with van der Waals surface area (Å²) in [6, 6.07) is 0.0889. The number of amides is 3. The zero-order chi connectivity index (χ0) is 18.6. The number of urea groups is 1. The number of nitrogens with one attached hydrogen (secondary N) is 1. The molecule has 3 aliphatic rings. The third-order valence-corrected chi connectivity index (χ3v) is 6.94. The Kier molecular flexibility index (Phi) is 6.43. The lowest BCUT2D eigenvalue weighted by atomic mass is 9.86. The largest absolute Gasteiger partial charge is 0.343 e. The molecule has 1 atom stereocenters. The van der Waals surface area contributed by atoms with E-state index < -0.39 is 0 Å². The summed E-state index contributed by atoms with van der Waals surface area (Å²) >= 11 is 0. The van der Waals surface area contributed by atoms with Gasteiger partial charge in [0.2, 0.25) is 5.91 Å². The molecule has 6 nitrogen and oxygen atoms in total. The molecule has 0 aromatic rings. The van der Waals surface area contributed by atoms with Crippen molar-refractivity contribution >= 4 is 11.9 Å². The summed E-state index contributed by atoms with van der Waals surface area (Å²) < 4.78 is 0. The molecule has 0 bridgehead atoms. The molecule has 1 unspecified atom stereocenters. The summed E-state index contributed by atoms with van der Waals surface area (Å²) in [6.07, 6.45) is 8.86. The lowest BCUT2D eigenvalue weighted by Gasteiger charge is -2.49. The van der Waals surface area contributed by atoms with Gasteiger partial charge in [0, 0.05) is 51.2 Å². The van der Waals surface area contributed by atoms with Gasteiger partial charge in [-0.2, -0.15) is 0 Å². The lowest BCUT2D eigenvalue weighted by molar-refractivity contribution is -0.130. The third kappa shape index (κ3) is 4.33. The van der Waals surface area contributed by atoms with Crippen LogP contribution in [0.5, 0.6) is 0 Å². The summed E-state index contributed by atoms with van der Waals surface area (Å²) in [5.74, 6) is 0.916. The first-order chi connectivity index (χ1) is 12.5. The van der Waals surface area contributed by atoms with Crippen molar-refractivity contribution in [3.63, 3.8) is 0 Å². The quantitative estimate of drug-likeness (QED) is 0.836. The van der Waals surface area contributed by atoms with Crippen LogP contribution in [-0.2, 0) is 4.79 Å². The molecule has 1 spiro atoms. The number of carbonyl (C=O) groups excluding carboxylic acids is 2. The third-order valence-electron chi connectivity index (χ3n) is 6.94. The SMILES string of the molecule is CCN1CCC2(CCC1=O)CN(C(=O)NCC1CCCCC1)CCN2C. The number of hydrogen-bond acceptors (Lipinski definition) is 3. The summed E-state index contributed by atoms with van der Waals surface area (Å²) in [7, 11) is 2.16. The molecular formula is C20H36N4O2. The Balaban J connectivity index is 1.58. The van der Waals surface area contributed by atoms with Crippen molar-refractivity contribution in [2.75, 3.05) is 46.3 Å². The summed E-state index contributed by atoms with van der Waals surface area (Å²) in [5, 5.41) is 3.19. The Morgan fingerprint density at radius 2 is 1.92 bits per heavy atom. The van der Waals surface area contributed by atoms with E-state index in [-0.39, 0.29) is 17.5 Å². The Morgan fingerprint density at radius 1 is 1.15 bits per heavy atom. The van der Waals surface area contributed by atoms with E-state index in [1.807, 2.05) is 16.7 Å². The van der Waals surface area contributed by atoms with E-state index in [1.165, 1.54) is 32.1 Å². The molecule has 0 aromatic heterocycles. The first-order valence-electron chi connectivity index (χ1n) is 10.6. The maximum atomic E-state index is 12.8. The number of likely N-dealkylation sites (tertiary alicyclic amines) is 1. The second-order valence-corrected chi connectivity index (χ2v) is 8.48. The van der Waals surface area contributed by atoms with Crippen LogP contribution in [0.15, 0.2) is 0 Å². The Morgan fingerprint density at radius 3 is 2.65 bits per heavy atom. The second kappa shape index (κ2) is 8.59. The van der Waals surface area contributed by atoms with Gasteiger partial charge in [0.1, 0.15) is 0 Å². The smallest absolute Gasteiger partial charge is 0.317 e. The predicted octanol–water partition coefficient (Wildman–Crippen LogP) is 2.29. The van der Waals surface area contributed by atoms with Gasteiger partial charge in [0.25, 0.3) is 0 Å². The zero-order valence-electron chi connectivity index (χ0n) is 16.6. The van der Waals surface area contributed by atoms with Crippen LogP contribution in [0.2, 0.25) is 0 Å². The molecule has 3 fully saturated rings. The van der Waals surface area contributed by atoms with Gasteiger partial charge in [0.05, 0.1) is 0 Å². The number of likely N-dealkylation sites (N-methyl/N-ethyl adjacent to an activating group) is 1. The minimum Gasteiger partial charge on any atom is -0.343 e. The monoisotopic (exact) mass is 364 g/mol. The van der Waals surface area contributed by atoms with E-state index in [0.29, 0.717) is 12.3 Å². The molecule has 1 N–H and O–H groups in total. The van der Waals surface area contributed by atoms with Gasteiger partial charge in [-0.3, -0.25) is 9.69 Å². The van der Waals surface area contributed by atoms with Gasteiger partial charge >= 0.3 is 6.03 Å². The van der Waals surface area contributed by atoms with E-state index >= 15 is 0 Å². The van der Waals surface area contributed by atoms with Crippen LogP contribution in [-0.4, -0.2) is 78.5 Å². The van der Waals surface area contributed by atoms with Crippen molar-refractivity contribution in [1.29, 1.82) is 0 Å². The van der Waals surface area contributed by atoms with Crippen molar-refractivity contribution < 1.29 is 9.59 Å². The Bertz CT molecular complexity index is 506. The first-order valence-corrected chi connectivity index (χ1v) is 10.6. The van der Waals surface area contributed by atoms with Crippen molar-refractivity contribution in [1.82, 2.24) is 20.0 Å². The van der Waals surface area contributed by atoms with Crippen molar-refractivity contribution in [2.45, 2.75) is 63.8 Å². The fourth-order valence-electron chi connectivity index (χ4n) is 4.94. The highest BCUT2D eigenvalue weighted by Gasteiger charge is 2.43. The lowest BCUT2D eigenvalue weighted by Crippen LogP contribution is -2.63. The number of hydrogen-bond donors (Lipinski definition) is 1. The van der Waals surface area contributed by atoms with E-state index in [9.17, 15) is 9.59 Å². The maximum Gasteiger partial charge on any atom is 0.317 e. The molecule has 2 saturated heterocycles. The van der Waals surface area contributed by atoms with Gasteiger partial charge < -0.3 is 15.1 Å². The zero-order valence-corrected chi connectivity index (χ0v) is 16.6. The van der Waals surface area contributed by atoms with Gasteiger partial charge in [-0.15, -0.1) is 0 Å². The highest BCUT2D eigenvalue weighted by molar-refractivity contribution is 5.77. The molecule has 26 heavy (non-hydrogen) atoms. The first kappa shape index (κ1) is 19.5. The fourth-order valence-corrected chi connectivity index (χ4v) is 4.94. The molecule has 2 heterocycles. The molecule has 0 aromatic carbocycles. The molecule has 1 aliphatic carbocycles. The topological polar surface area (TPSA) is 55.9 Å². The minimum atomic E-state index is -0.0555. The predicted molar refractivity (Wildman–Crippen MR) is 103 cm³/mol. The summed E-state index contributed by atoms with van der Waals surface area (Å²) in [5.41, 5.74) is -0.0555. The molecule has 148 valence electrons. The van der Waals surface area contributed by atoms with E-state index in [0.717, 1.165) is 52.1 Å². The van der Waals surface area contributed by atoms with Crippen molar-refractivity contribution in [3.05, 3.63) is 0 Å².